The van der Waals surface area contributed by atoms with Crippen LogP contribution in [0.3, 0.4) is 0 Å². The number of furan rings is 1. The number of ether oxygens (including phenoxy) is 1. The number of guanidine groups is 1. The highest BCUT2D eigenvalue weighted by Crippen LogP contribution is 2.15. The van der Waals surface area contributed by atoms with Crippen molar-refractivity contribution >= 4 is 11.9 Å². The van der Waals surface area contributed by atoms with Crippen molar-refractivity contribution in [1.82, 2.24) is 20.6 Å². The van der Waals surface area contributed by atoms with Gasteiger partial charge in [-0.2, -0.15) is 0 Å². The van der Waals surface area contributed by atoms with Gasteiger partial charge in [-0.05, 0) is 55.2 Å². The Hall–Kier alpha value is -3.55. The zero-order valence-corrected chi connectivity index (χ0v) is 19.1. The van der Waals surface area contributed by atoms with Crippen LogP contribution < -0.4 is 20.3 Å². The first kappa shape index (κ1) is 22.6. The fourth-order valence-electron chi connectivity index (χ4n) is 3.87. The molecule has 0 spiro atoms. The molecule has 2 N–H and O–H groups in total. The fourth-order valence-corrected chi connectivity index (χ4v) is 3.87. The molecule has 2 aromatic heterocycles. The smallest absolute Gasteiger partial charge is 0.225 e. The molecule has 1 saturated heterocycles. The Labute approximate surface area is 195 Å². The second kappa shape index (κ2) is 11.9. The normalized spacial score (nSPS) is 14.8. The summed E-state index contributed by atoms with van der Waals surface area (Å²) in [5.74, 6) is 3.48. The third kappa shape index (κ3) is 6.97. The van der Waals surface area contributed by atoms with Crippen LogP contribution in [-0.2, 0) is 12.8 Å². The molecule has 3 aromatic rings. The molecule has 0 saturated carbocycles. The first-order chi connectivity index (χ1) is 16.3. The Morgan fingerprint density at radius 1 is 1.09 bits per heavy atom. The molecule has 0 unspecified atom stereocenters. The molecule has 3 heterocycles. The second-order valence-electron chi connectivity index (χ2n) is 8.04. The van der Waals surface area contributed by atoms with Crippen molar-refractivity contribution in [2.45, 2.75) is 31.7 Å². The lowest BCUT2D eigenvalue weighted by Gasteiger charge is -2.33. The van der Waals surface area contributed by atoms with Crippen LogP contribution in [0.1, 0.15) is 24.2 Å². The van der Waals surface area contributed by atoms with Crippen molar-refractivity contribution in [2.24, 2.45) is 4.99 Å². The summed E-state index contributed by atoms with van der Waals surface area (Å²) < 4.78 is 10.7. The minimum absolute atomic E-state index is 0.362. The van der Waals surface area contributed by atoms with Gasteiger partial charge in [-0.25, -0.2) is 9.97 Å². The molecule has 0 amide bonds. The van der Waals surface area contributed by atoms with Crippen LogP contribution in [-0.4, -0.2) is 55.3 Å². The molecule has 33 heavy (non-hydrogen) atoms. The largest absolute Gasteiger partial charge is 0.497 e. The van der Waals surface area contributed by atoms with Crippen LogP contribution in [0.15, 0.2) is 70.5 Å². The summed E-state index contributed by atoms with van der Waals surface area (Å²) in [6, 6.07) is 14.3. The Morgan fingerprint density at radius 3 is 2.58 bits per heavy atom. The number of piperidine rings is 1. The van der Waals surface area contributed by atoms with Gasteiger partial charge in [-0.15, -0.1) is 0 Å². The Balaban J connectivity index is 1.30. The van der Waals surface area contributed by atoms with E-state index in [9.17, 15) is 0 Å². The molecular formula is C25H32N6O2. The average Bonchev–Trinajstić information content (AvgIpc) is 3.39. The maximum atomic E-state index is 5.44. The molecule has 1 aromatic carbocycles. The van der Waals surface area contributed by atoms with E-state index in [-0.39, 0.29) is 0 Å². The van der Waals surface area contributed by atoms with Crippen LogP contribution in [0, 0.1) is 0 Å². The molecule has 174 valence electrons. The number of aliphatic imine (C=N–C) groups is 1. The van der Waals surface area contributed by atoms with E-state index in [1.165, 1.54) is 5.56 Å². The number of benzene rings is 1. The van der Waals surface area contributed by atoms with Crippen molar-refractivity contribution in [3.8, 4) is 5.75 Å². The van der Waals surface area contributed by atoms with E-state index >= 15 is 0 Å². The SMILES string of the molecule is COc1ccc(CCNC(=NCCc2ccco2)NC2CCN(c3ncccn3)CC2)cc1. The van der Waals surface area contributed by atoms with Crippen molar-refractivity contribution in [3.05, 3.63) is 72.4 Å². The van der Waals surface area contributed by atoms with E-state index in [0.717, 1.165) is 68.7 Å². The van der Waals surface area contributed by atoms with Crippen LogP contribution in [0.5, 0.6) is 5.75 Å². The number of hydrogen-bond donors (Lipinski definition) is 2. The lowest BCUT2D eigenvalue weighted by Crippen LogP contribution is -2.49. The number of hydrogen-bond acceptors (Lipinski definition) is 6. The maximum absolute atomic E-state index is 5.44. The fraction of sp³-hybridized carbons (Fsp3) is 0.400. The quantitative estimate of drug-likeness (QED) is 0.384. The van der Waals surface area contributed by atoms with Gasteiger partial charge in [0.15, 0.2) is 5.96 Å². The molecule has 1 aliphatic heterocycles. The van der Waals surface area contributed by atoms with Crippen LogP contribution in [0.2, 0.25) is 0 Å². The maximum Gasteiger partial charge on any atom is 0.225 e. The van der Waals surface area contributed by atoms with Gasteiger partial charge in [0.05, 0.1) is 13.4 Å². The summed E-state index contributed by atoms with van der Waals surface area (Å²) in [7, 11) is 1.69. The van der Waals surface area contributed by atoms with Crippen molar-refractivity contribution in [2.75, 3.05) is 38.2 Å². The Morgan fingerprint density at radius 2 is 1.88 bits per heavy atom. The summed E-state index contributed by atoms with van der Waals surface area (Å²) in [4.78, 5) is 15.8. The molecule has 4 rings (SSSR count). The summed E-state index contributed by atoms with van der Waals surface area (Å²) in [6.45, 7) is 3.32. The van der Waals surface area contributed by atoms with E-state index in [1.807, 2.05) is 30.3 Å². The number of methoxy groups -OCH3 is 1. The zero-order chi connectivity index (χ0) is 22.7. The minimum atomic E-state index is 0.362. The predicted octanol–water partition coefficient (Wildman–Crippen LogP) is 3.07. The number of aromatic nitrogens is 2. The number of rotatable bonds is 9. The van der Waals surface area contributed by atoms with Gasteiger partial charge in [0, 0.05) is 51.0 Å². The third-order valence-electron chi connectivity index (χ3n) is 5.74. The van der Waals surface area contributed by atoms with E-state index in [2.05, 4.69) is 37.6 Å². The number of nitrogens with one attached hydrogen (secondary N) is 2. The first-order valence-electron chi connectivity index (χ1n) is 11.5. The third-order valence-corrected chi connectivity index (χ3v) is 5.74. The lowest BCUT2D eigenvalue weighted by molar-refractivity contribution is 0.414. The van der Waals surface area contributed by atoms with Crippen molar-refractivity contribution < 1.29 is 9.15 Å². The van der Waals surface area contributed by atoms with E-state index in [1.54, 1.807) is 25.8 Å². The zero-order valence-electron chi connectivity index (χ0n) is 19.1. The van der Waals surface area contributed by atoms with Gasteiger partial charge < -0.3 is 24.7 Å². The molecule has 0 bridgehead atoms. The van der Waals surface area contributed by atoms with Gasteiger partial charge in [-0.1, -0.05) is 12.1 Å². The van der Waals surface area contributed by atoms with E-state index in [0.29, 0.717) is 12.6 Å². The molecule has 8 nitrogen and oxygen atoms in total. The van der Waals surface area contributed by atoms with E-state index < -0.39 is 0 Å². The summed E-state index contributed by atoms with van der Waals surface area (Å²) in [6.07, 6.45) is 9.00. The van der Waals surface area contributed by atoms with Crippen LogP contribution in [0.4, 0.5) is 5.95 Å². The molecule has 1 fully saturated rings. The monoisotopic (exact) mass is 448 g/mol. The summed E-state index contributed by atoms with van der Waals surface area (Å²) in [5, 5.41) is 7.14. The van der Waals surface area contributed by atoms with Gasteiger partial charge in [0.1, 0.15) is 11.5 Å². The highest BCUT2D eigenvalue weighted by atomic mass is 16.5. The van der Waals surface area contributed by atoms with Gasteiger partial charge >= 0.3 is 0 Å². The van der Waals surface area contributed by atoms with Gasteiger partial charge in [0.25, 0.3) is 0 Å². The molecule has 0 aliphatic carbocycles. The number of nitrogens with zero attached hydrogens (tertiary/aromatic N) is 4. The topological polar surface area (TPSA) is 87.8 Å². The van der Waals surface area contributed by atoms with Gasteiger partial charge in [-0.3, -0.25) is 4.99 Å². The van der Waals surface area contributed by atoms with Crippen LogP contribution >= 0.6 is 0 Å². The molecule has 0 atom stereocenters. The van der Waals surface area contributed by atoms with E-state index in [4.69, 9.17) is 14.1 Å². The summed E-state index contributed by atoms with van der Waals surface area (Å²) >= 11 is 0. The van der Waals surface area contributed by atoms with Crippen LogP contribution in [0.25, 0.3) is 0 Å². The molecule has 8 heteroatoms. The highest BCUT2D eigenvalue weighted by molar-refractivity contribution is 5.80. The molecule has 1 aliphatic rings. The Kier molecular flexibility index (Phi) is 8.16. The number of anilines is 1. The van der Waals surface area contributed by atoms with Crippen molar-refractivity contribution in [1.29, 1.82) is 0 Å². The standard InChI is InChI=1S/C25H32N6O2/c1-32-22-7-5-20(6-8-22)9-15-26-24(27-16-10-23-4-2-19-33-23)30-21-11-17-31(18-12-21)25-28-13-3-14-29-25/h2-8,13-14,19,21H,9-12,15-18H2,1H3,(H2,26,27,30). The Bertz CT molecular complexity index is 968. The molecule has 0 radical (unpaired) electrons. The highest BCUT2D eigenvalue weighted by Gasteiger charge is 2.21. The van der Waals surface area contributed by atoms with Gasteiger partial charge in [0.2, 0.25) is 5.95 Å². The second-order valence-corrected chi connectivity index (χ2v) is 8.04. The summed E-state index contributed by atoms with van der Waals surface area (Å²) in [5.41, 5.74) is 1.26. The first-order valence-corrected chi connectivity index (χ1v) is 11.5. The average molecular weight is 449 g/mol. The minimum Gasteiger partial charge on any atom is -0.497 e. The molecular weight excluding hydrogens is 416 g/mol. The lowest BCUT2D eigenvalue weighted by atomic mass is 10.1. The van der Waals surface area contributed by atoms with Crippen molar-refractivity contribution in [3.63, 3.8) is 0 Å². The predicted molar refractivity (Wildman–Crippen MR) is 130 cm³/mol.